The Labute approximate surface area is 126 Å². The molecule has 0 unspecified atom stereocenters. The summed E-state index contributed by atoms with van der Waals surface area (Å²) in [5.74, 6) is 0. The molecular weight excluding hydrogens is 291 g/mol. The summed E-state index contributed by atoms with van der Waals surface area (Å²) in [7, 11) is 0. The molecule has 3 aromatic rings. The van der Waals surface area contributed by atoms with Crippen LogP contribution in [0.4, 0.5) is 0 Å². The Hall–Kier alpha value is -1.95. The maximum atomic E-state index is 8.95. The van der Waals surface area contributed by atoms with Crippen molar-refractivity contribution < 1.29 is 0 Å². The van der Waals surface area contributed by atoms with Crippen LogP contribution in [0.2, 0.25) is 10.0 Å². The van der Waals surface area contributed by atoms with Gasteiger partial charge < -0.3 is 4.98 Å². The fourth-order valence-electron chi connectivity index (χ4n) is 2.42. The Morgan fingerprint density at radius 2 is 1.80 bits per heavy atom. The Balaban J connectivity index is 2.34. The lowest BCUT2D eigenvalue weighted by Gasteiger charge is -2.08. The molecule has 4 heteroatoms. The molecule has 0 radical (unpaired) electrons. The number of nitrogens with zero attached hydrogens (tertiary/aromatic N) is 1. The highest BCUT2D eigenvalue weighted by Crippen LogP contribution is 2.38. The van der Waals surface area contributed by atoms with Crippen molar-refractivity contribution >= 4 is 34.1 Å². The van der Waals surface area contributed by atoms with Gasteiger partial charge in [0.05, 0.1) is 22.5 Å². The largest absolute Gasteiger partial charge is 0.361 e. The summed E-state index contributed by atoms with van der Waals surface area (Å²) in [4.78, 5) is 3.19. The van der Waals surface area contributed by atoms with Crippen molar-refractivity contribution in [1.82, 2.24) is 4.98 Å². The minimum atomic E-state index is 0.356. The summed E-state index contributed by atoms with van der Waals surface area (Å²) in [6.07, 6.45) is 2.23. The molecule has 0 spiro atoms. The van der Waals surface area contributed by atoms with Crippen molar-refractivity contribution in [1.29, 1.82) is 5.26 Å². The van der Waals surface area contributed by atoms with Crippen LogP contribution in [0.5, 0.6) is 0 Å². The van der Waals surface area contributed by atoms with E-state index in [1.165, 1.54) is 0 Å². The van der Waals surface area contributed by atoms with Gasteiger partial charge >= 0.3 is 0 Å². The van der Waals surface area contributed by atoms with E-state index in [0.29, 0.717) is 16.5 Å². The van der Waals surface area contributed by atoms with Gasteiger partial charge in [0, 0.05) is 22.7 Å². The van der Waals surface area contributed by atoms with Gasteiger partial charge in [-0.3, -0.25) is 0 Å². The molecule has 2 aromatic carbocycles. The van der Waals surface area contributed by atoms with E-state index in [1.807, 2.05) is 36.5 Å². The number of hydrogen-bond acceptors (Lipinski definition) is 1. The average molecular weight is 301 g/mol. The van der Waals surface area contributed by atoms with Gasteiger partial charge in [0.25, 0.3) is 0 Å². The molecule has 0 saturated heterocycles. The third-order valence-electron chi connectivity index (χ3n) is 3.30. The van der Waals surface area contributed by atoms with Crippen LogP contribution in [0.15, 0.2) is 42.6 Å². The van der Waals surface area contributed by atoms with Gasteiger partial charge in [-0.25, -0.2) is 0 Å². The summed E-state index contributed by atoms with van der Waals surface area (Å²) in [5.41, 5.74) is 3.82. The predicted octanol–water partition coefficient (Wildman–Crippen LogP) is 5.21. The fraction of sp³-hybridized carbons (Fsp3) is 0.0625. The summed E-state index contributed by atoms with van der Waals surface area (Å²) >= 11 is 12.4. The van der Waals surface area contributed by atoms with E-state index in [2.05, 4.69) is 11.1 Å². The van der Waals surface area contributed by atoms with E-state index < -0.39 is 0 Å². The first-order valence-corrected chi connectivity index (χ1v) is 6.88. The fourth-order valence-corrected chi connectivity index (χ4v) is 2.82. The molecule has 0 aliphatic rings. The molecule has 1 heterocycles. The monoisotopic (exact) mass is 300 g/mol. The minimum absolute atomic E-state index is 0.356. The van der Waals surface area contributed by atoms with Crippen molar-refractivity contribution in [3.8, 4) is 17.2 Å². The maximum absolute atomic E-state index is 8.95. The second kappa shape index (κ2) is 5.20. The first kappa shape index (κ1) is 13.1. The number of fused-ring (bicyclic) bond motifs is 1. The Kier molecular flexibility index (Phi) is 3.40. The van der Waals surface area contributed by atoms with Gasteiger partial charge in [0.1, 0.15) is 0 Å². The molecule has 1 N–H and O–H groups in total. The second-order valence-electron chi connectivity index (χ2n) is 4.48. The smallest absolute Gasteiger partial charge is 0.0670 e. The van der Waals surface area contributed by atoms with E-state index in [4.69, 9.17) is 28.5 Å². The molecule has 0 aliphatic carbocycles. The van der Waals surface area contributed by atoms with Gasteiger partial charge in [-0.15, -0.1) is 0 Å². The van der Waals surface area contributed by atoms with Crippen molar-refractivity contribution in [2.45, 2.75) is 6.42 Å². The van der Waals surface area contributed by atoms with Crippen LogP contribution < -0.4 is 0 Å². The number of H-pyrrole nitrogens is 1. The SMILES string of the molecule is N#CCc1c[nH]c2cccc(-c3cccc(Cl)c3Cl)c12. The standard InChI is InChI=1S/C16H10Cl2N2/c17-13-5-1-4-12(16(13)18)11-3-2-6-14-15(11)10(7-8-19)9-20-14/h1-6,9,20H,7H2. The molecule has 0 bridgehead atoms. The molecule has 20 heavy (non-hydrogen) atoms. The molecule has 1 aromatic heterocycles. The van der Waals surface area contributed by atoms with Crippen LogP contribution in [-0.4, -0.2) is 4.98 Å². The molecular formula is C16H10Cl2N2. The topological polar surface area (TPSA) is 39.6 Å². The van der Waals surface area contributed by atoms with Gasteiger partial charge in [0.15, 0.2) is 0 Å². The van der Waals surface area contributed by atoms with Crippen LogP contribution in [0, 0.1) is 11.3 Å². The summed E-state index contributed by atoms with van der Waals surface area (Å²) in [6, 6.07) is 13.7. The lowest BCUT2D eigenvalue weighted by atomic mass is 9.98. The lowest BCUT2D eigenvalue weighted by Crippen LogP contribution is -1.85. The highest BCUT2D eigenvalue weighted by Gasteiger charge is 2.13. The van der Waals surface area contributed by atoms with E-state index in [9.17, 15) is 0 Å². The first-order chi connectivity index (χ1) is 9.72. The third-order valence-corrected chi connectivity index (χ3v) is 4.12. The van der Waals surface area contributed by atoms with Gasteiger partial charge in [-0.1, -0.05) is 47.5 Å². The molecule has 3 rings (SSSR count). The number of hydrogen-bond donors (Lipinski definition) is 1. The zero-order valence-electron chi connectivity index (χ0n) is 10.5. The van der Waals surface area contributed by atoms with Crippen LogP contribution in [0.25, 0.3) is 22.0 Å². The predicted molar refractivity (Wildman–Crippen MR) is 83.1 cm³/mol. The van der Waals surface area contributed by atoms with E-state index in [0.717, 1.165) is 27.6 Å². The lowest BCUT2D eigenvalue weighted by molar-refractivity contribution is 1.28. The van der Waals surface area contributed by atoms with E-state index >= 15 is 0 Å². The summed E-state index contributed by atoms with van der Waals surface area (Å²) in [5, 5.41) is 11.0. The number of nitrogens with one attached hydrogen (secondary N) is 1. The average Bonchev–Trinajstić information content (AvgIpc) is 2.86. The van der Waals surface area contributed by atoms with Gasteiger partial charge in [-0.05, 0) is 23.3 Å². The number of benzene rings is 2. The van der Waals surface area contributed by atoms with E-state index in [1.54, 1.807) is 6.07 Å². The third kappa shape index (κ3) is 2.06. The summed E-state index contributed by atoms with van der Waals surface area (Å²) in [6.45, 7) is 0. The van der Waals surface area contributed by atoms with Crippen LogP contribution in [0.3, 0.4) is 0 Å². The molecule has 0 atom stereocenters. The maximum Gasteiger partial charge on any atom is 0.0670 e. The molecule has 0 fully saturated rings. The van der Waals surface area contributed by atoms with Crippen molar-refractivity contribution in [2.24, 2.45) is 0 Å². The van der Waals surface area contributed by atoms with Crippen molar-refractivity contribution in [3.05, 3.63) is 58.2 Å². The van der Waals surface area contributed by atoms with Crippen LogP contribution in [-0.2, 0) is 6.42 Å². The summed E-state index contributed by atoms with van der Waals surface area (Å²) < 4.78 is 0. The minimum Gasteiger partial charge on any atom is -0.361 e. The second-order valence-corrected chi connectivity index (χ2v) is 5.26. The highest BCUT2D eigenvalue weighted by molar-refractivity contribution is 6.44. The van der Waals surface area contributed by atoms with Crippen molar-refractivity contribution in [3.63, 3.8) is 0 Å². The molecule has 2 nitrogen and oxygen atoms in total. The van der Waals surface area contributed by atoms with Crippen molar-refractivity contribution in [2.75, 3.05) is 0 Å². The Morgan fingerprint density at radius 1 is 1.05 bits per heavy atom. The van der Waals surface area contributed by atoms with Crippen LogP contribution in [0.1, 0.15) is 5.56 Å². The van der Waals surface area contributed by atoms with Gasteiger partial charge in [-0.2, -0.15) is 5.26 Å². The highest BCUT2D eigenvalue weighted by atomic mass is 35.5. The molecule has 0 amide bonds. The number of aromatic nitrogens is 1. The number of rotatable bonds is 2. The normalized spacial score (nSPS) is 10.7. The van der Waals surface area contributed by atoms with Gasteiger partial charge in [0.2, 0.25) is 0 Å². The number of halogens is 2. The zero-order chi connectivity index (χ0) is 14.1. The first-order valence-electron chi connectivity index (χ1n) is 6.12. The molecule has 0 saturated carbocycles. The quantitative estimate of drug-likeness (QED) is 0.693. The zero-order valence-corrected chi connectivity index (χ0v) is 12.0. The number of nitriles is 1. The number of aromatic amines is 1. The Morgan fingerprint density at radius 3 is 2.60 bits per heavy atom. The van der Waals surface area contributed by atoms with Crippen LogP contribution >= 0.6 is 23.2 Å². The molecule has 0 aliphatic heterocycles. The molecule has 98 valence electrons. The van der Waals surface area contributed by atoms with E-state index in [-0.39, 0.29) is 0 Å². The Bertz CT molecular complexity index is 828.